The molecule has 0 radical (unpaired) electrons. The molecule has 1 saturated carbocycles. The van der Waals surface area contributed by atoms with Gasteiger partial charge in [-0.05, 0) is 43.2 Å². The van der Waals surface area contributed by atoms with Gasteiger partial charge in [0.05, 0.1) is 12.0 Å². The average molecular weight is 262 g/mol. The zero-order valence-corrected chi connectivity index (χ0v) is 11.4. The summed E-state index contributed by atoms with van der Waals surface area (Å²) in [7, 11) is 0. The van der Waals surface area contributed by atoms with Gasteiger partial charge in [0.2, 0.25) is 0 Å². The van der Waals surface area contributed by atoms with E-state index >= 15 is 0 Å². The van der Waals surface area contributed by atoms with Crippen molar-refractivity contribution in [3.05, 3.63) is 35.4 Å². The summed E-state index contributed by atoms with van der Waals surface area (Å²) in [6.07, 6.45) is 5.06. The molecule has 19 heavy (non-hydrogen) atoms. The molecule has 1 fully saturated rings. The summed E-state index contributed by atoms with van der Waals surface area (Å²) < 4.78 is 0. The van der Waals surface area contributed by atoms with E-state index in [4.69, 9.17) is 5.11 Å². The Morgan fingerprint density at radius 1 is 1.26 bits per heavy atom. The molecule has 0 spiro atoms. The lowest BCUT2D eigenvalue weighted by Gasteiger charge is -2.27. The van der Waals surface area contributed by atoms with Gasteiger partial charge in [-0.25, -0.2) is 0 Å². The van der Waals surface area contributed by atoms with E-state index in [0.29, 0.717) is 5.92 Å². The van der Waals surface area contributed by atoms with Crippen molar-refractivity contribution >= 4 is 5.97 Å². The summed E-state index contributed by atoms with van der Waals surface area (Å²) in [5.41, 5.74) is 2.02. The van der Waals surface area contributed by atoms with E-state index in [-0.39, 0.29) is 6.10 Å². The number of carboxylic acid groups (broad SMARTS) is 1. The lowest BCUT2D eigenvalue weighted by Crippen LogP contribution is -2.26. The highest BCUT2D eigenvalue weighted by Gasteiger charge is 2.23. The molecule has 2 N–H and O–H groups in total. The Kier molecular flexibility index (Phi) is 4.59. The molecule has 3 atom stereocenters. The Morgan fingerprint density at radius 3 is 2.47 bits per heavy atom. The van der Waals surface area contributed by atoms with Crippen molar-refractivity contribution < 1.29 is 15.0 Å². The first-order valence-electron chi connectivity index (χ1n) is 7.07. The Balaban J connectivity index is 2.00. The number of carbonyl (C=O) groups is 1. The van der Waals surface area contributed by atoms with Gasteiger partial charge >= 0.3 is 5.97 Å². The van der Waals surface area contributed by atoms with Crippen LogP contribution in [0, 0.1) is 5.92 Å². The first kappa shape index (κ1) is 14.1. The SMILES string of the molecule is CC(C(=O)O)c1ccc(C[C@@H]2CCCC[C@@H]2O)cc1. The van der Waals surface area contributed by atoms with Gasteiger partial charge in [0.25, 0.3) is 0 Å². The maximum atomic E-state index is 10.9. The number of rotatable bonds is 4. The molecule has 0 amide bonds. The van der Waals surface area contributed by atoms with Crippen LogP contribution in [0.5, 0.6) is 0 Å². The smallest absolute Gasteiger partial charge is 0.310 e. The average Bonchev–Trinajstić information content (AvgIpc) is 2.41. The monoisotopic (exact) mass is 262 g/mol. The zero-order chi connectivity index (χ0) is 13.8. The lowest BCUT2D eigenvalue weighted by atomic mass is 9.82. The molecule has 0 heterocycles. The first-order valence-corrected chi connectivity index (χ1v) is 7.07. The fourth-order valence-corrected chi connectivity index (χ4v) is 2.81. The van der Waals surface area contributed by atoms with Crippen LogP contribution in [-0.2, 0) is 11.2 Å². The van der Waals surface area contributed by atoms with Gasteiger partial charge in [0.1, 0.15) is 0 Å². The van der Waals surface area contributed by atoms with E-state index < -0.39 is 11.9 Å². The summed E-state index contributed by atoms with van der Waals surface area (Å²) in [5, 5.41) is 18.9. The summed E-state index contributed by atoms with van der Waals surface area (Å²) in [6.45, 7) is 1.70. The molecule has 1 aliphatic carbocycles. The molecule has 0 aliphatic heterocycles. The predicted octanol–water partition coefficient (Wildman–Crippen LogP) is 2.97. The molecule has 1 aliphatic rings. The minimum Gasteiger partial charge on any atom is -0.481 e. The lowest BCUT2D eigenvalue weighted by molar-refractivity contribution is -0.138. The van der Waals surface area contributed by atoms with Gasteiger partial charge in [-0.3, -0.25) is 4.79 Å². The number of carboxylic acids is 1. The molecule has 2 rings (SSSR count). The van der Waals surface area contributed by atoms with Gasteiger partial charge in [-0.2, -0.15) is 0 Å². The summed E-state index contributed by atoms with van der Waals surface area (Å²) >= 11 is 0. The molecule has 0 aromatic heterocycles. The second-order valence-corrected chi connectivity index (χ2v) is 5.62. The summed E-state index contributed by atoms with van der Waals surface area (Å²) in [4.78, 5) is 10.9. The second-order valence-electron chi connectivity index (χ2n) is 5.62. The number of aliphatic hydroxyl groups is 1. The molecule has 1 aromatic carbocycles. The maximum absolute atomic E-state index is 10.9. The highest BCUT2D eigenvalue weighted by Crippen LogP contribution is 2.28. The molecule has 0 saturated heterocycles. The van der Waals surface area contributed by atoms with E-state index in [2.05, 4.69) is 0 Å². The zero-order valence-electron chi connectivity index (χ0n) is 11.4. The molecule has 104 valence electrons. The van der Waals surface area contributed by atoms with Crippen molar-refractivity contribution in [3.63, 3.8) is 0 Å². The molecule has 3 heteroatoms. The van der Waals surface area contributed by atoms with Crippen LogP contribution >= 0.6 is 0 Å². The highest BCUT2D eigenvalue weighted by molar-refractivity contribution is 5.75. The summed E-state index contributed by atoms with van der Waals surface area (Å²) in [5.74, 6) is -0.902. The van der Waals surface area contributed by atoms with Crippen LogP contribution in [0.4, 0.5) is 0 Å². The van der Waals surface area contributed by atoms with Crippen molar-refractivity contribution in [2.45, 2.75) is 51.0 Å². The van der Waals surface area contributed by atoms with Gasteiger partial charge in [-0.1, -0.05) is 37.1 Å². The third-order valence-electron chi connectivity index (χ3n) is 4.22. The van der Waals surface area contributed by atoms with Crippen LogP contribution in [0.1, 0.15) is 49.7 Å². The van der Waals surface area contributed by atoms with Crippen LogP contribution < -0.4 is 0 Å². The number of aliphatic hydroxyl groups excluding tert-OH is 1. The normalized spacial score (nSPS) is 24.9. The van der Waals surface area contributed by atoms with Crippen molar-refractivity contribution in [1.29, 1.82) is 0 Å². The number of hydrogen-bond donors (Lipinski definition) is 2. The molecular weight excluding hydrogens is 240 g/mol. The third-order valence-corrected chi connectivity index (χ3v) is 4.22. The Bertz CT molecular complexity index is 424. The number of aliphatic carboxylic acids is 1. The Labute approximate surface area is 114 Å². The topological polar surface area (TPSA) is 57.5 Å². The van der Waals surface area contributed by atoms with Crippen molar-refractivity contribution in [2.24, 2.45) is 5.92 Å². The van der Waals surface area contributed by atoms with Crippen LogP contribution in [0.15, 0.2) is 24.3 Å². The molecular formula is C16H22O3. The van der Waals surface area contributed by atoms with Crippen LogP contribution in [0.3, 0.4) is 0 Å². The predicted molar refractivity (Wildman–Crippen MR) is 74.2 cm³/mol. The van der Waals surface area contributed by atoms with Crippen molar-refractivity contribution in [3.8, 4) is 0 Å². The molecule has 0 bridgehead atoms. The van der Waals surface area contributed by atoms with Crippen molar-refractivity contribution in [1.82, 2.24) is 0 Å². The molecule has 1 aromatic rings. The van der Waals surface area contributed by atoms with E-state index in [1.165, 1.54) is 12.0 Å². The van der Waals surface area contributed by atoms with Gasteiger partial charge < -0.3 is 10.2 Å². The fourth-order valence-electron chi connectivity index (χ4n) is 2.81. The minimum absolute atomic E-state index is 0.175. The number of hydrogen-bond acceptors (Lipinski definition) is 2. The standard InChI is InChI=1S/C16H22O3/c1-11(16(18)19)13-8-6-12(7-9-13)10-14-4-2-3-5-15(14)17/h6-9,11,14-15,17H,2-5,10H2,1H3,(H,18,19)/t11?,14-,15-/m0/s1. The highest BCUT2D eigenvalue weighted by atomic mass is 16.4. The van der Waals surface area contributed by atoms with Crippen LogP contribution in [0.2, 0.25) is 0 Å². The Morgan fingerprint density at radius 2 is 1.89 bits per heavy atom. The van der Waals surface area contributed by atoms with Crippen LogP contribution in [-0.4, -0.2) is 22.3 Å². The largest absolute Gasteiger partial charge is 0.481 e. The number of benzene rings is 1. The summed E-state index contributed by atoms with van der Waals surface area (Å²) in [6, 6.07) is 7.78. The van der Waals surface area contributed by atoms with Gasteiger partial charge in [0, 0.05) is 0 Å². The quantitative estimate of drug-likeness (QED) is 0.877. The first-order chi connectivity index (χ1) is 9.08. The third kappa shape index (κ3) is 3.57. The van der Waals surface area contributed by atoms with Gasteiger partial charge in [0.15, 0.2) is 0 Å². The van der Waals surface area contributed by atoms with Crippen LogP contribution in [0.25, 0.3) is 0 Å². The van der Waals surface area contributed by atoms with Gasteiger partial charge in [-0.15, -0.1) is 0 Å². The maximum Gasteiger partial charge on any atom is 0.310 e. The Hall–Kier alpha value is -1.35. The van der Waals surface area contributed by atoms with E-state index in [1.54, 1.807) is 6.92 Å². The van der Waals surface area contributed by atoms with Crippen molar-refractivity contribution in [2.75, 3.05) is 0 Å². The molecule has 1 unspecified atom stereocenters. The van der Waals surface area contributed by atoms with E-state index in [0.717, 1.165) is 31.2 Å². The fraction of sp³-hybridized carbons (Fsp3) is 0.562. The van der Waals surface area contributed by atoms with E-state index in [9.17, 15) is 9.90 Å². The minimum atomic E-state index is -0.796. The van der Waals surface area contributed by atoms with E-state index in [1.807, 2.05) is 24.3 Å². The molecule has 3 nitrogen and oxygen atoms in total. The second kappa shape index (κ2) is 6.20.